The number of sulfonamides is 1. The maximum atomic E-state index is 15.0. The monoisotopic (exact) mass is 860 g/mol. The number of allylic oxidation sites excluding steroid dienone is 1. The standard InChI is InChI=1S/C44H56N6O10S/c1-25-10-8-9-11-28-23-44(28,41(53)49-61(55,56)32-17-18-32)48-38(51)35-22-31(24-50(35)40(52)36(26(2)20-25)46-42(54)60-43(3,4)5)59-39-33-19-16-30(58-7)21-34(33)45-37(47-39)27-12-14-29(57-6)15-13-27/h9,11-16,19,21,25-26,28,31-32,35-36H,8,10,17-18,20,22-24H2,1-7H3,(H,46,54)(H,48,51)(H,49,53)/b11-9-/t25-,26-,28-,31-,35+,36+,44-/m1/s1. The molecule has 1 aromatic heterocycles. The number of nitrogens with zero attached hydrogens (tertiary/aromatic N) is 3. The summed E-state index contributed by atoms with van der Waals surface area (Å²) in [5.74, 6) is -0.924. The van der Waals surface area contributed by atoms with Crippen LogP contribution in [0.3, 0.4) is 0 Å². The number of carbonyl (C=O) groups excluding carboxylic acids is 4. The van der Waals surface area contributed by atoms with Gasteiger partial charge in [0.2, 0.25) is 27.7 Å². The molecule has 4 aliphatic rings. The van der Waals surface area contributed by atoms with Crippen molar-refractivity contribution in [2.24, 2.45) is 17.8 Å². The Morgan fingerprint density at radius 2 is 1.66 bits per heavy atom. The van der Waals surface area contributed by atoms with Crippen LogP contribution in [0.2, 0.25) is 0 Å². The van der Waals surface area contributed by atoms with Gasteiger partial charge in [-0.15, -0.1) is 0 Å². The van der Waals surface area contributed by atoms with Crippen molar-refractivity contribution in [3.8, 4) is 28.8 Å². The van der Waals surface area contributed by atoms with E-state index in [4.69, 9.17) is 28.9 Å². The van der Waals surface area contributed by atoms with Gasteiger partial charge >= 0.3 is 6.09 Å². The normalized spacial score (nSPS) is 27.6. The number of hydrogen-bond acceptors (Lipinski definition) is 12. The van der Waals surface area contributed by atoms with Crippen molar-refractivity contribution in [1.82, 2.24) is 30.2 Å². The average molecular weight is 861 g/mol. The SMILES string of the molecule is COc1ccc(-c2nc(O[C@@H]3C[C@H]4C(=O)N[C@]5(C(=O)NS(=O)(=O)C6CC6)C[C@H]5/C=C\CC[C@@H](C)C[C@@H](C)[C@H](NC(=O)OC(C)(C)C)C(=O)N4C3)c3ccc(OC)cc3n2)cc1. The number of rotatable bonds is 9. The Hall–Kier alpha value is -5.45. The van der Waals surface area contributed by atoms with Crippen molar-refractivity contribution in [2.75, 3.05) is 20.8 Å². The van der Waals surface area contributed by atoms with Crippen LogP contribution in [-0.4, -0.2) is 102 Å². The summed E-state index contributed by atoms with van der Waals surface area (Å²) in [7, 11) is -0.804. The zero-order valence-corrected chi connectivity index (χ0v) is 36.5. The lowest BCUT2D eigenvalue weighted by Crippen LogP contribution is -2.59. The summed E-state index contributed by atoms with van der Waals surface area (Å²) >= 11 is 0. The quantitative estimate of drug-likeness (QED) is 0.242. The Kier molecular flexibility index (Phi) is 12.3. The van der Waals surface area contributed by atoms with Crippen molar-refractivity contribution in [3.05, 3.63) is 54.6 Å². The second-order valence-corrected chi connectivity index (χ2v) is 19.8. The van der Waals surface area contributed by atoms with Gasteiger partial charge in [-0.1, -0.05) is 26.0 Å². The largest absolute Gasteiger partial charge is 0.497 e. The van der Waals surface area contributed by atoms with E-state index in [1.54, 1.807) is 65.3 Å². The first kappa shape index (κ1) is 43.6. The van der Waals surface area contributed by atoms with Crippen LogP contribution in [0.15, 0.2) is 54.6 Å². The van der Waals surface area contributed by atoms with E-state index in [9.17, 15) is 27.6 Å². The first-order valence-corrected chi connectivity index (χ1v) is 22.5. The summed E-state index contributed by atoms with van der Waals surface area (Å²) in [6, 6.07) is 10.2. The van der Waals surface area contributed by atoms with Crippen molar-refractivity contribution in [2.45, 2.75) is 114 Å². The molecule has 3 heterocycles. The van der Waals surface area contributed by atoms with Crippen LogP contribution in [0, 0.1) is 17.8 Å². The number of methoxy groups -OCH3 is 2. The summed E-state index contributed by atoms with van der Waals surface area (Å²) in [5, 5.41) is 5.64. The maximum absolute atomic E-state index is 15.0. The highest BCUT2D eigenvalue weighted by atomic mass is 32.2. The Bertz CT molecular complexity index is 2310. The number of fused-ring (bicyclic) bond motifs is 3. The molecule has 2 aliphatic carbocycles. The molecule has 7 atom stereocenters. The van der Waals surface area contributed by atoms with Crippen LogP contribution in [0.4, 0.5) is 4.79 Å². The van der Waals surface area contributed by atoms with Crippen LogP contribution in [0.25, 0.3) is 22.3 Å². The number of benzene rings is 2. The molecule has 328 valence electrons. The number of hydrogen-bond donors (Lipinski definition) is 3. The highest BCUT2D eigenvalue weighted by Gasteiger charge is 2.62. The lowest BCUT2D eigenvalue weighted by atomic mass is 9.88. The van der Waals surface area contributed by atoms with Gasteiger partial charge in [0.25, 0.3) is 5.91 Å². The smallest absolute Gasteiger partial charge is 0.408 e. The molecule has 2 aromatic carbocycles. The van der Waals surface area contributed by atoms with E-state index in [2.05, 4.69) is 22.3 Å². The molecule has 4 amide bonds. The number of carbonyl (C=O) groups is 4. The van der Waals surface area contributed by atoms with Crippen LogP contribution < -0.4 is 29.6 Å². The summed E-state index contributed by atoms with van der Waals surface area (Å²) in [6.07, 6.45) is 5.31. The van der Waals surface area contributed by atoms with E-state index < -0.39 is 74.3 Å². The van der Waals surface area contributed by atoms with Gasteiger partial charge in [0, 0.05) is 24.0 Å². The number of aromatic nitrogens is 2. The van der Waals surface area contributed by atoms with Gasteiger partial charge in [0.15, 0.2) is 5.82 Å². The lowest BCUT2D eigenvalue weighted by molar-refractivity contribution is -0.142. The van der Waals surface area contributed by atoms with Crippen molar-refractivity contribution >= 4 is 44.7 Å². The van der Waals surface area contributed by atoms with Gasteiger partial charge in [-0.2, -0.15) is 4.98 Å². The molecule has 3 fully saturated rings. The zero-order valence-electron chi connectivity index (χ0n) is 35.7. The van der Waals surface area contributed by atoms with E-state index >= 15 is 0 Å². The summed E-state index contributed by atoms with van der Waals surface area (Å²) < 4.78 is 51.3. The number of alkyl carbamates (subject to hydrolysis) is 1. The fraction of sp³-hybridized carbons (Fsp3) is 0.545. The summed E-state index contributed by atoms with van der Waals surface area (Å²) in [4.78, 5) is 67.9. The topological polar surface area (TPSA) is 204 Å². The van der Waals surface area contributed by atoms with E-state index in [1.807, 2.05) is 31.2 Å². The zero-order chi connectivity index (χ0) is 43.9. The number of ether oxygens (including phenoxy) is 4. The molecule has 61 heavy (non-hydrogen) atoms. The molecule has 2 aliphatic heterocycles. The Morgan fingerprint density at radius 1 is 0.951 bits per heavy atom. The minimum atomic E-state index is -3.93. The second-order valence-electron chi connectivity index (χ2n) is 17.8. The van der Waals surface area contributed by atoms with Crippen molar-refractivity contribution in [3.63, 3.8) is 0 Å². The molecule has 7 rings (SSSR count). The summed E-state index contributed by atoms with van der Waals surface area (Å²) in [6.45, 7) is 9.07. The van der Waals surface area contributed by atoms with Gasteiger partial charge in [-0.25, -0.2) is 18.2 Å². The second kappa shape index (κ2) is 17.1. The van der Waals surface area contributed by atoms with E-state index in [0.29, 0.717) is 59.5 Å². The first-order chi connectivity index (χ1) is 28.9. The molecule has 0 bridgehead atoms. The fourth-order valence-electron chi connectivity index (χ4n) is 8.26. The third-order valence-corrected chi connectivity index (χ3v) is 13.6. The molecule has 16 nitrogen and oxygen atoms in total. The van der Waals surface area contributed by atoms with Crippen LogP contribution in [0.1, 0.15) is 79.6 Å². The third kappa shape index (κ3) is 9.87. The lowest BCUT2D eigenvalue weighted by Gasteiger charge is -2.33. The highest BCUT2D eigenvalue weighted by molar-refractivity contribution is 7.91. The Morgan fingerprint density at radius 3 is 2.33 bits per heavy atom. The molecular weight excluding hydrogens is 805 g/mol. The van der Waals surface area contributed by atoms with Crippen molar-refractivity contribution in [1.29, 1.82) is 0 Å². The molecule has 0 spiro atoms. The summed E-state index contributed by atoms with van der Waals surface area (Å²) in [5.41, 5.74) is -1.18. The minimum absolute atomic E-state index is 0.0143. The molecule has 3 N–H and O–H groups in total. The molecule has 0 unspecified atom stereocenters. The van der Waals surface area contributed by atoms with Crippen molar-refractivity contribution < 1.29 is 46.5 Å². The van der Waals surface area contributed by atoms with Gasteiger partial charge in [0.1, 0.15) is 40.8 Å². The van der Waals surface area contributed by atoms with Crippen LogP contribution in [0.5, 0.6) is 17.4 Å². The average Bonchev–Trinajstić information content (AvgIpc) is 4.14. The third-order valence-electron chi connectivity index (χ3n) is 11.8. The number of nitrogens with one attached hydrogen (secondary N) is 3. The van der Waals surface area contributed by atoms with E-state index in [0.717, 1.165) is 6.42 Å². The van der Waals surface area contributed by atoms with E-state index in [1.165, 1.54) is 4.90 Å². The highest BCUT2D eigenvalue weighted by Crippen LogP contribution is 2.46. The predicted molar refractivity (Wildman–Crippen MR) is 226 cm³/mol. The maximum Gasteiger partial charge on any atom is 0.408 e. The van der Waals surface area contributed by atoms with E-state index in [-0.39, 0.29) is 37.1 Å². The van der Waals surface area contributed by atoms with Gasteiger partial charge in [0.05, 0.1) is 36.9 Å². The molecule has 17 heteroatoms. The fourth-order valence-corrected chi connectivity index (χ4v) is 9.62. The minimum Gasteiger partial charge on any atom is -0.497 e. The Balaban J connectivity index is 1.26. The number of amides is 4. The predicted octanol–water partition coefficient (Wildman–Crippen LogP) is 5.05. The van der Waals surface area contributed by atoms with Crippen LogP contribution >= 0.6 is 0 Å². The molecule has 0 radical (unpaired) electrons. The van der Waals surface area contributed by atoms with Crippen LogP contribution in [-0.2, 0) is 29.1 Å². The molecule has 2 saturated carbocycles. The molecule has 1 saturated heterocycles. The molecule has 3 aromatic rings. The van der Waals surface area contributed by atoms with Gasteiger partial charge in [-0.3, -0.25) is 19.1 Å². The Labute approximate surface area is 356 Å². The van der Waals surface area contributed by atoms with Gasteiger partial charge in [-0.05, 0) is 108 Å². The van der Waals surface area contributed by atoms with Gasteiger partial charge < -0.3 is 34.5 Å². The molecular formula is C44H56N6O10S. The first-order valence-electron chi connectivity index (χ1n) is 20.9.